The zero-order chi connectivity index (χ0) is 13.1. The Kier molecular flexibility index (Phi) is 4.14. The van der Waals surface area contributed by atoms with E-state index in [-0.39, 0.29) is 11.9 Å². The third kappa shape index (κ3) is 2.47. The number of nitrogens with zero attached hydrogens (tertiary/aromatic N) is 2. The third-order valence-corrected chi connectivity index (χ3v) is 3.40. The molecule has 0 aliphatic rings. The van der Waals surface area contributed by atoms with Crippen molar-refractivity contribution in [2.45, 2.75) is 19.5 Å². The molecular weight excluding hydrogens is 297 g/mol. The summed E-state index contributed by atoms with van der Waals surface area (Å²) in [5, 5.41) is 3.12. The maximum Gasteiger partial charge on any atom is 0.130 e. The van der Waals surface area contributed by atoms with Gasteiger partial charge in [0.15, 0.2) is 0 Å². The molecule has 1 aromatic heterocycles. The van der Waals surface area contributed by atoms with E-state index in [9.17, 15) is 4.39 Å². The van der Waals surface area contributed by atoms with E-state index in [4.69, 9.17) is 0 Å². The van der Waals surface area contributed by atoms with Crippen LogP contribution in [-0.2, 0) is 6.54 Å². The van der Waals surface area contributed by atoms with Gasteiger partial charge in [-0.3, -0.25) is 0 Å². The number of aromatic nitrogens is 2. The van der Waals surface area contributed by atoms with Crippen molar-refractivity contribution in [1.29, 1.82) is 0 Å². The smallest absolute Gasteiger partial charge is 0.130 e. The molecule has 0 spiro atoms. The normalized spacial score (nSPS) is 12.7. The maximum absolute atomic E-state index is 13.9. The molecule has 1 atom stereocenters. The Hall–Kier alpha value is -1.20. The molecule has 1 heterocycles. The van der Waals surface area contributed by atoms with E-state index >= 15 is 0 Å². The fourth-order valence-electron chi connectivity index (χ4n) is 2.01. The number of hydrogen-bond acceptors (Lipinski definition) is 2. The lowest BCUT2D eigenvalue weighted by atomic mass is 10.1. The van der Waals surface area contributed by atoms with E-state index in [0.29, 0.717) is 5.56 Å². The molecule has 0 bridgehead atoms. The Morgan fingerprint density at radius 1 is 1.50 bits per heavy atom. The summed E-state index contributed by atoms with van der Waals surface area (Å²) in [5.74, 6) is 0.584. The Balaban J connectivity index is 2.48. The Labute approximate surface area is 114 Å². The average Bonchev–Trinajstić information content (AvgIpc) is 2.83. The van der Waals surface area contributed by atoms with Crippen molar-refractivity contribution in [3.8, 4) is 0 Å². The van der Waals surface area contributed by atoms with Crippen LogP contribution < -0.4 is 5.32 Å². The second-order valence-electron chi connectivity index (χ2n) is 3.96. The topological polar surface area (TPSA) is 29.9 Å². The SMILES string of the molecule is CCn1ccnc1C(NC)c1cc(Br)ccc1F. The van der Waals surface area contributed by atoms with E-state index in [1.807, 2.05) is 17.7 Å². The van der Waals surface area contributed by atoms with Crippen LogP contribution >= 0.6 is 15.9 Å². The lowest BCUT2D eigenvalue weighted by Crippen LogP contribution is -2.23. The minimum absolute atomic E-state index is 0.233. The summed E-state index contributed by atoms with van der Waals surface area (Å²) in [7, 11) is 1.81. The van der Waals surface area contributed by atoms with Crippen LogP contribution in [0.1, 0.15) is 24.4 Å². The van der Waals surface area contributed by atoms with Gasteiger partial charge in [0.2, 0.25) is 0 Å². The van der Waals surface area contributed by atoms with Crippen LogP contribution in [0.3, 0.4) is 0 Å². The van der Waals surface area contributed by atoms with Gasteiger partial charge in [-0.2, -0.15) is 0 Å². The van der Waals surface area contributed by atoms with Gasteiger partial charge in [0.1, 0.15) is 11.6 Å². The van der Waals surface area contributed by atoms with E-state index in [2.05, 4.69) is 26.2 Å². The van der Waals surface area contributed by atoms with Crippen LogP contribution in [-0.4, -0.2) is 16.6 Å². The van der Waals surface area contributed by atoms with Crippen molar-refractivity contribution in [2.24, 2.45) is 0 Å². The minimum Gasteiger partial charge on any atom is -0.334 e. The van der Waals surface area contributed by atoms with Crippen molar-refractivity contribution >= 4 is 15.9 Å². The van der Waals surface area contributed by atoms with E-state index in [1.165, 1.54) is 6.07 Å². The van der Waals surface area contributed by atoms with Crippen LogP contribution in [0, 0.1) is 5.82 Å². The molecule has 0 aliphatic carbocycles. The molecule has 0 radical (unpaired) electrons. The van der Waals surface area contributed by atoms with Crippen LogP contribution in [0.15, 0.2) is 35.1 Å². The average molecular weight is 312 g/mol. The molecule has 1 N–H and O–H groups in total. The summed E-state index contributed by atoms with van der Waals surface area (Å²) in [6.07, 6.45) is 3.63. The van der Waals surface area contributed by atoms with Gasteiger partial charge in [-0.15, -0.1) is 0 Å². The van der Waals surface area contributed by atoms with Crippen molar-refractivity contribution < 1.29 is 4.39 Å². The van der Waals surface area contributed by atoms with Crippen molar-refractivity contribution in [1.82, 2.24) is 14.9 Å². The highest BCUT2D eigenvalue weighted by atomic mass is 79.9. The molecule has 1 unspecified atom stereocenters. The molecule has 1 aromatic carbocycles. The lowest BCUT2D eigenvalue weighted by molar-refractivity contribution is 0.542. The summed E-state index contributed by atoms with van der Waals surface area (Å²) in [6.45, 7) is 2.85. The largest absolute Gasteiger partial charge is 0.334 e. The highest BCUT2D eigenvalue weighted by molar-refractivity contribution is 9.10. The Bertz CT molecular complexity index is 539. The van der Waals surface area contributed by atoms with E-state index in [0.717, 1.165) is 16.8 Å². The van der Waals surface area contributed by atoms with Crippen molar-refractivity contribution in [3.05, 3.63) is 52.3 Å². The predicted octanol–water partition coefficient (Wildman–Crippen LogP) is 3.11. The summed E-state index contributed by atoms with van der Waals surface area (Å²) >= 11 is 3.37. The zero-order valence-corrected chi connectivity index (χ0v) is 11.9. The quantitative estimate of drug-likeness (QED) is 0.940. The number of rotatable bonds is 4. The summed E-state index contributed by atoms with van der Waals surface area (Å²) < 4.78 is 16.8. The van der Waals surface area contributed by atoms with Gasteiger partial charge in [-0.1, -0.05) is 15.9 Å². The first-order valence-electron chi connectivity index (χ1n) is 5.80. The third-order valence-electron chi connectivity index (χ3n) is 2.90. The van der Waals surface area contributed by atoms with Gasteiger partial charge >= 0.3 is 0 Å². The highest BCUT2D eigenvalue weighted by Gasteiger charge is 2.20. The molecule has 2 rings (SSSR count). The van der Waals surface area contributed by atoms with Crippen molar-refractivity contribution in [2.75, 3.05) is 7.05 Å². The minimum atomic E-state index is -0.252. The van der Waals surface area contributed by atoms with Gasteiger partial charge in [0.25, 0.3) is 0 Å². The lowest BCUT2D eigenvalue weighted by Gasteiger charge is -2.18. The molecule has 0 saturated carbocycles. The Morgan fingerprint density at radius 3 is 2.94 bits per heavy atom. The predicted molar refractivity (Wildman–Crippen MR) is 72.9 cm³/mol. The molecule has 5 heteroatoms. The van der Waals surface area contributed by atoms with E-state index < -0.39 is 0 Å². The number of benzene rings is 1. The van der Waals surface area contributed by atoms with Crippen LogP contribution in [0.4, 0.5) is 4.39 Å². The Morgan fingerprint density at radius 2 is 2.28 bits per heavy atom. The standard InChI is InChI=1S/C13H15BrFN3/c1-3-18-7-6-17-13(18)12(16-2)10-8-9(14)4-5-11(10)15/h4-8,12,16H,3H2,1-2H3. The van der Waals surface area contributed by atoms with Gasteiger partial charge in [0, 0.05) is 29.0 Å². The fourth-order valence-corrected chi connectivity index (χ4v) is 2.39. The summed E-state index contributed by atoms with van der Waals surface area (Å²) in [6, 6.07) is 4.68. The van der Waals surface area contributed by atoms with Gasteiger partial charge in [-0.05, 0) is 32.2 Å². The first-order chi connectivity index (χ1) is 8.67. The molecule has 0 aliphatic heterocycles. The van der Waals surface area contributed by atoms with Gasteiger partial charge in [0.05, 0.1) is 6.04 Å². The fraction of sp³-hybridized carbons (Fsp3) is 0.308. The molecule has 3 nitrogen and oxygen atoms in total. The summed E-state index contributed by atoms with van der Waals surface area (Å²) in [4.78, 5) is 4.32. The van der Waals surface area contributed by atoms with E-state index in [1.54, 1.807) is 25.4 Å². The number of hydrogen-bond donors (Lipinski definition) is 1. The van der Waals surface area contributed by atoms with Gasteiger partial charge in [-0.25, -0.2) is 9.37 Å². The second kappa shape index (κ2) is 5.63. The molecule has 0 fully saturated rings. The number of nitrogens with one attached hydrogen (secondary N) is 1. The van der Waals surface area contributed by atoms with Gasteiger partial charge < -0.3 is 9.88 Å². The number of imidazole rings is 1. The molecule has 96 valence electrons. The first-order valence-corrected chi connectivity index (χ1v) is 6.60. The maximum atomic E-state index is 13.9. The van der Waals surface area contributed by atoms with Crippen molar-refractivity contribution in [3.63, 3.8) is 0 Å². The molecular formula is C13H15BrFN3. The first kappa shape index (κ1) is 13.2. The molecule has 0 amide bonds. The summed E-state index contributed by atoms with van der Waals surface area (Å²) in [5.41, 5.74) is 0.591. The zero-order valence-electron chi connectivity index (χ0n) is 10.3. The van der Waals surface area contributed by atoms with Crippen LogP contribution in [0.2, 0.25) is 0 Å². The van der Waals surface area contributed by atoms with Crippen LogP contribution in [0.5, 0.6) is 0 Å². The van der Waals surface area contributed by atoms with Crippen LogP contribution in [0.25, 0.3) is 0 Å². The molecule has 2 aromatic rings. The second-order valence-corrected chi connectivity index (χ2v) is 4.87. The molecule has 0 saturated heterocycles. The number of aryl methyl sites for hydroxylation is 1. The molecule has 18 heavy (non-hydrogen) atoms. The highest BCUT2D eigenvalue weighted by Crippen LogP contribution is 2.26. The number of halogens is 2. The monoisotopic (exact) mass is 311 g/mol.